The van der Waals surface area contributed by atoms with E-state index in [2.05, 4.69) is 28.6 Å². The summed E-state index contributed by atoms with van der Waals surface area (Å²) in [6.07, 6.45) is 7.19. The summed E-state index contributed by atoms with van der Waals surface area (Å²) < 4.78 is 4.47. The second kappa shape index (κ2) is 10.1. The Morgan fingerprint density at radius 1 is 1.42 bits per heavy atom. The quantitative estimate of drug-likeness (QED) is 0.607. The highest BCUT2D eigenvalue weighted by molar-refractivity contribution is 6.30. The van der Waals surface area contributed by atoms with Crippen molar-refractivity contribution in [2.75, 3.05) is 13.1 Å². The van der Waals surface area contributed by atoms with Crippen LogP contribution >= 0.6 is 11.6 Å². The fourth-order valence-electron chi connectivity index (χ4n) is 3.65. The molecule has 130 valence electrons. The molecule has 1 saturated heterocycles. The van der Waals surface area contributed by atoms with Gasteiger partial charge in [0, 0.05) is 11.1 Å². The van der Waals surface area contributed by atoms with Crippen LogP contribution in [0.1, 0.15) is 63.5 Å². The lowest BCUT2D eigenvalue weighted by Crippen LogP contribution is -2.26. The molecule has 0 N–H and O–H groups in total. The molecule has 0 amide bonds. The molecule has 2 rings (SSSR count). The van der Waals surface area contributed by atoms with E-state index in [9.17, 15) is 4.79 Å². The molecule has 0 aromatic heterocycles. The van der Waals surface area contributed by atoms with E-state index in [1.807, 2.05) is 12.1 Å². The van der Waals surface area contributed by atoms with E-state index in [1.165, 1.54) is 18.4 Å². The molecule has 1 aliphatic heterocycles. The molecule has 1 aromatic rings. The minimum absolute atomic E-state index is 0.0674. The maximum atomic E-state index is 11.8. The van der Waals surface area contributed by atoms with Crippen molar-refractivity contribution < 1.29 is 9.45 Å². The van der Waals surface area contributed by atoms with Crippen molar-refractivity contribution in [2.24, 2.45) is 5.92 Å². The Kier molecular flexibility index (Phi) is 8.13. The Hall–Kier alpha value is -0.995. The third-order valence-corrected chi connectivity index (χ3v) is 5.19. The molecule has 5 heteroatoms. The Balaban J connectivity index is 1.86. The number of hydrogen-bond acceptors (Lipinski definition) is 3. The number of likely N-dealkylation sites (tertiary alicyclic amines) is 1. The van der Waals surface area contributed by atoms with Crippen molar-refractivity contribution in [1.29, 1.82) is 0 Å². The summed E-state index contributed by atoms with van der Waals surface area (Å²) in [6.45, 7) is 4.24. The molecule has 24 heavy (non-hydrogen) atoms. The monoisotopic (exact) mass is 347 g/mol. The summed E-state index contributed by atoms with van der Waals surface area (Å²) >= 11 is 6.13. The van der Waals surface area contributed by atoms with Crippen LogP contribution in [-0.4, -0.2) is 32.0 Å². The molecule has 0 saturated carbocycles. The van der Waals surface area contributed by atoms with Crippen LogP contribution in [0.3, 0.4) is 0 Å². The van der Waals surface area contributed by atoms with Gasteiger partial charge in [-0.1, -0.05) is 43.5 Å². The van der Waals surface area contributed by atoms with Crippen molar-refractivity contribution in [3.63, 3.8) is 0 Å². The van der Waals surface area contributed by atoms with E-state index in [1.54, 1.807) is 0 Å². The van der Waals surface area contributed by atoms with Crippen LogP contribution in [0.15, 0.2) is 24.3 Å². The van der Waals surface area contributed by atoms with Gasteiger partial charge < -0.3 is 4.65 Å². The first-order valence-electron chi connectivity index (χ1n) is 9.05. The first-order valence-corrected chi connectivity index (χ1v) is 9.43. The lowest BCUT2D eigenvalue weighted by Gasteiger charge is -2.25. The SMILES string of the molecule is [B]OC(=O)C(CCCC)CCCN1CCCC1c1cccc(Cl)c1. The number of carbonyl (C=O) groups is 1. The van der Waals surface area contributed by atoms with Gasteiger partial charge >= 0.3 is 8.05 Å². The van der Waals surface area contributed by atoms with Gasteiger partial charge in [-0.05, 0) is 62.9 Å². The lowest BCUT2D eigenvalue weighted by molar-refractivity contribution is -0.139. The van der Waals surface area contributed by atoms with Crippen molar-refractivity contribution in [3.8, 4) is 0 Å². The first-order chi connectivity index (χ1) is 11.7. The zero-order valence-electron chi connectivity index (χ0n) is 14.5. The van der Waals surface area contributed by atoms with Crippen molar-refractivity contribution in [1.82, 2.24) is 4.90 Å². The van der Waals surface area contributed by atoms with E-state index in [0.717, 1.165) is 50.2 Å². The van der Waals surface area contributed by atoms with Crippen LogP contribution in [-0.2, 0) is 9.45 Å². The van der Waals surface area contributed by atoms with Gasteiger partial charge in [0.2, 0.25) is 0 Å². The standard InChI is InChI=1S/C19H27BClNO2/c1-2-3-7-15(19(23)24-20)9-5-12-22-13-6-11-18(22)16-8-4-10-17(21)14-16/h4,8,10,14-15,18H,2-3,5-7,9,11-13H2,1H3. The summed E-state index contributed by atoms with van der Waals surface area (Å²) in [5.41, 5.74) is 1.30. The Morgan fingerprint density at radius 2 is 2.21 bits per heavy atom. The molecule has 2 atom stereocenters. The summed E-state index contributed by atoms with van der Waals surface area (Å²) in [5.74, 6) is -0.335. The summed E-state index contributed by atoms with van der Waals surface area (Å²) in [5, 5.41) is 0.796. The van der Waals surface area contributed by atoms with Gasteiger partial charge in [0.05, 0.1) is 5.92 Å². The molecule has 1 aromatic carbocycles. The zero-order valence-corrected chi connectivity index (χ0v) is 15.3. The molecule has 2 unspecified atom stereocenters. The number of hydrogen-bond donors (Lipinski definition) is 0. The minimum atomic E-state index is -0.267. The molecule has 0 spiro atoms. The van der Waals surface area contributed by atoms with Gasteiger partial charge in [-0.3, -0.25) is 9.69 Å². The highest BCUT2D eigenvalue weighted by Gasteiger charge is 2.26. The third kappa shape index (κ3) is 5.53. The van der Waals surface area contributed by atoms with E-state index in [0.29, 0.717) is 6.04 Å². The molecule has 1 aliphatic rings. The second-order valence-electron chi connectivity index (χ2n) is 6.67. The van der Waals surface area contributed by atoms with Crippen LogP contribution in [0.4, 0.5) is 0 Å². The first kappa shape index (κ1) is 19.3. The van der Waals surface area contributed by atoms with Crippen LogP contribution in [0.25, 0.3) is 0 Å². The van der Waals surface area contributed by atoms with E-state index >= 15 is 0 Å². The van der Waals surface area contributed by atoms with Gasteiger partial charge in [-0.15, -0.1) is 0 Å². The van der Waals surface area contributed by atoms with Gasteiger partial charge in [-0.2, -0.15) is 0 Å². The number of unbranched alkanes of at least 4 members (excludes halogenated alkanes) is 1. The largest absolute Gasteiger partial charge is 0.543 e. The molecular weight excluding hydrogens is 320 g/mol. The molecule has 1 fully saturated rings. The number of carbonyl (C=O) groups excluding carboxylic acids is 1. The molecule has 1 heterocycles. The van der Waals surface area contributed by atoms with Gasteiger partial charge in [0.1, 0.15) is 0 Å². The smallest absolute Gasteiger partial charge is 0.378 e. The Morgan fingerprint density at radius 3 is 2.92 bits per heavy atom. The predicted octanol–water partition coefficient (Wildman–Crippen LogP) is 4.69. The molecule has 2 radical (unpaired) electrons. The highest BCUT2D eigenvalue weighted by Crippen LogP contribution is 2.33. The van der Waals surface area contributed by atoms with Crippen LogP contribution < -0.4 is 0 Å². The van der Waals surface area contributed by atoms with Crippen molar-refractivity contribution >= 4 is 25.6 Å². The normalized spacial score (nSPS) is 19.3. The third-order valence-electron chi connectivity index (χ3n) is 4.95. The fourth-order valence-corrected chi connectivity index (χ4v) is 3.85. The lowest BCUT2D eigenvalue weighted by atomic mass is 9.96. The van der Waals surface area contributed by atoms with Crippen molar-refractivity contribution in [3.05, 3.63) is 34.9 Å². The molecule has 3 nitrogen and oxygen atoms in total. The highest BCUT2D eigenvalue weighted by atomic mass is 35.5. The van der Waals surface area contributed by atoms with E-state index in [4.69, 9.17) is 19.7 Å². The number of halogens is 1. The number of rotatable bonds is 9. The summed E-state index contributed by atoms with van der Waals surface area (Å²) in [7, 11) is 5.08. The molecular formula is C19H27BClNO2. The summed E-state index contributed by atoms with van der Waals surface area (Å²) in [6, 6.07) is 8.61. The van der Waals surface area contributed by atoms with Crippen LogP contribution in [0.2, 0.25) is 5.02 Å². The Labute approximate surface area is 152 Å². The van der Waals surface area contributed by atoms with Crippen LogP contribution in [0, 0.1) is 5.92 Å². The Bertz CT molecular complexity index is 526. The van der Waals surface area contributed by atoms with Crippen molar-refractivity contribution in [2.45, 2.75) is 57.9 Å². The fraction of sp³-hybridized carbons (Fsp3) is 0.632. The topological polar surface area (TPSA) is 29.5 Å². The number of nitrogens with zero attached hydrogens (tertiary/aromatic N) is 1. The average molecular weight is 348 g/mol. The second-order valence-corrected chi connectivity index (χ2v) is 7.10. The van der Waals surface area contributed by atoms with Gasteiger partial charge in [0.15, 0.2) is 0 Å². The minimum Gasteiger partial charge on any atom is -0.543 e. The zero-order chi connectivity index (χ0) is 17.4. The maximum absolute atomic E-state index is 11.8. The molecule has 0 aliphatic carbocycles. The van der Waals surface area contributed by atoms with Gasteiger partial charge in [-0.25, -0.2) is 0 Å². The average Bonchev–Trinajstić information content (AvgIpc) is 3.05. The van der Waals surface area contributed by atoms with Gasteiger partial charge in [0.25, 0.3) is 5.97 Å². The molecule has 0 bridgehead atoms. The van der Waals surface area contributed by atoms with E-state index in [-0.39, 0.29) is 11.9 Å². The van der Waals surface area contributed by atoms with Crippen LogP contribution in [0.5, 0.6) is 0 Å². The van der Waals surface area contributed by atoms with E-state index < -0.39 is 0 Å². The predicted molar refractivity (Wildman–Crippen MR) is 99.1 cm³/mol. The summed E-state index contributed by atoms with van der Waals surface area (Å²) in [4.78, 5) is 14.3. The maximum Gasteiger partial charge on any atom is 0.378 e. The number of benzene rings is 1.